The van der Waals surface area contributed by atoms with Gasteiger partial charge in [0.25, 0.3) is 0 Å². The van der Waals surface area contributed by atoms with Gasteiger partial charge in [0.05, 0.1) is 30.3 Å². The maximum Gasteiger partial charge on any atom is 0.119 e. The molecule has 6 heteroatoms. The molecule has 3 rings (SSSR count). The molecule has 2 aliphatic heterocycles. The van der Waals surface area contributed by atoms with Gasteiger partial charge in [-0.05, 0) is 50.7 Å². The van der Waals surface area contributed by atoms with Crippen LogP contribution in [0.1, 0.15) is 39.2 Å². The Kier molecular flexibility index (Phi) is 11.4. The van der Waals surface area contributed by atoms with E-state index in [-0.39, 0.29) is 12.1 Å². The average molecular weight is 493 g/mol. The average Bonchev–Trinajstić information content (AvgIpc) is 3.38. The first-order chi connectivity index (χ1) is 17.2. The number of hydrogen-bond donors (Lipinski definition) is 1. The van der Waals surface area contributed by atoms with Gasteiger partial charge in [-0.2, -0.15) is 0 Å². The molecular formula is C29H40N4OS. The number of morpholine rings is 1. The Labute approximate surface area is 216 Å². The maximum absolute atomic E-state index is 5.62. The molecule has 0 saturated carbocycles. The Morgan fingerprint density at radius 1 is 1.26 bits per heavy atom. The lowest BCUT2D eigenvalue weighted by Gasteiger charge is -2.36. The van der Waals surface area contributed by atoms with Gasteiger partial charge in [-0.25, -0.2) is 5.43 Å². The zero-order valence-electron chi connectivity index (χ0n) is 21.6. The second-order valence-electron chi connectivity index (χ2n) is 8.57. The van der Waals surface area contributed by atoms with Crippen LogP contribution in [0.15, 0.2) is 95.5 Å². The third kappa shape index (κ3) is 8.27. The van der Waals surface area contributed by atoms with Crippen LogP contribution in [0.4, 0.5) is 0 Å². The standard InChI is InChI=1S/C29H40N4OS/c1-5-7-9-13-25(12-6-2)27-18-19-33(31-27)28(32-20-22-34-23-21-32)17-16-24(3)30-29(35-4)26-14-10-8-11-15-26/h6-15,17-19,24,27,31H,5,16,20-23H2,1-4H3/b9-7+,12-6-,25-13+,28-17-,30-29?. The lowest BCUT2D eigenvalue weighted by Crippen LogP contribution is -2.45. The van der Waals surface area contributed by atoms with Gasteiger partial charge in [-0.3, -0.25) is 10.0 Å². The number of benzene rings is 1. The molecule has 0 aliphatic carbocycles. The van der Waals surface area contributed by atoms with E-state index in [0.717, 1.165) is 44.2 Å². The first kappa shape index (κ1) is 27.1. The van der Waals surface area contributed by atoms with Crippen LogP contribution in [0.2, 0.25) is 0 Å². The minimum Gasteiger partial charge on any atom is -0.378 e. The summed E-state index contributed by atoms with van der Waals surface area (Å²) in [4.78, 5) is 7.43. The molecule has 2 aliphatic rings. The largest absolute Gasteiger partial charge is 0.378 e. The zero-order valence-corrected chi connectivity index (χ0v) is 22.4. The van der Waals surface area contributed by atoms with Gasteiger partial charge in [0.1, 0.15) is 5.82 Å². The smallest absolute Gasteiger partial charge is 0.119 e. The molecule has 2 unspecified atom stereocenters. The van der Waals surface area contributed by atoms with E-state index in [0.29, 0.717) is 0 Å². The van der Waals surface area contributed by atoms with Crippen molar-refractivity contribution in [3.05, 3.63) is 96.0 Å². The Morgan fingerprint density at radius 2 is 2.03 bits per heavy atom. The summed E-state index contributed by atoms with van der Waals surface area (Å²) in [6.45, 7) is 9.68. The second kappa shape index (κ2) is 14.8. The number of nitrogens with zero attached hydrogens (tertiary/aromatic N) is 3. The molecule has 1 aromatic carbocycles. The van der Waals surface area contributed by atoms with E-state index >= 15 is 0 Å². The van der Waals surface area contributed by atoms with Crippen molar-refractivity contribution in [1.82, 2.24) is 15.3 Å². The monoisotopic (exact) mass is 492 g/mol. The highest BCUT2D eigenvalue weighted by Gasteiger charge is 2.24. The quantitative estimate of drug-likeness (QED) is 0.249. The number of hydrazine groups is 1. The molecule has 2 heterocycles. The summed E-state index contributed by atoms with van der Waals surface area (Å²) in [6.07, 6.45) is 21.5. The minimum absolute atomic E-state index is 0.133. The highest BCUT2D eigenvalue weighted by atomic mass is 32.2. The number of hydrogen-bond acceptors (Lipinski definition) is 6. The lowest BCUT2D eigenvalue weighted by atomic mass is 10.1. The number of rotatable bonds is 10. The van der Waals surface area contributed by atoms with Crippen LogP contribution in [0, 0.1) is 0 Å². The molecule has 0 spiro atoms. The van der Waals surface area contributed by atoms with Gasteiger partial charge >= 0.3 is 0 Å². The molecule has 35 heavy (non-hydrogen) atoms. The van der Waals surface area contributed by atoms with Gasteiger partial charge in [-0.1, -0.05) is 67.6 Å². The van der Waals surface area contributed by atoms with E-state index in [1.165, 1.54) is 17.0 Å². The summed E-state index contributed by atoms with van der Waals surface area (Å²) in [5.74, 6) is 1.17. The summed E-state index contributed by atoms with van der Waals surface area (Å²) in [7, 11) is 0. The third-order valence-electron chi connectivity index (χ3n) is 5.86. The molecule has 0 amide bonds. The van der Waals surface area contributed by atoms with Crippen molar-refractivity contribution in [3.63, 3.8) is 0 Å². The van der Waals surface area contributed by atoms with Crippen molar-refractivity contribution < 1.29 is 4.74 Å². The Morgan fingerprint density at radius 3 is 2.71 bits per heavy atom. The molecule has 5 nitrogen and oxygen atoms in total. The van der Waals surface area contributed by atoms with Crippen LogP contribution in [-0.2, 0) is 4.74 Å². The Hall–Kier alpha value is -2.54. The molecule has 1 aromatic rings. The molecule has 1 saturated heterocycles. The van der Waals surface area contributed by atoms with Gasteiger partial charge in [0.2, 0.25) is 0 Å². The molecular weight excluding hydrogens is 452 g/mol. The number of thioether (sulfide) groups is 1. The van der Waals surface area contributed by atoms with Crippen LogP contribution < -0.4 is 5.43 Å². The van der Waals surface area contributed by atoms with Crippen LogP contribution in [-0.4, -0.2) is 59.6 Å². The van der Waals surface area contributed by atoms with Gasteiger partial charge in [0, 0.05) is 24.9 Å². The number of nitrogens with one attached hydrogen (secondary N) is 1. The fourth-order valence-electron chi connectivity index (χ4n) is 4.03. The van der Waals surface area contributed by atoms with Gasteiger partial charge < -0.3 is 9.64 Å². The molecule has 0 bridgehead atoms. The van der Waals surface area contributed by atoms with Gasteiger partial charge in [0.15, 0.2) is 0 Å². The van der Waals surface area contributed by atoms with E-state index in [4.69, 9.17) is 9.73 Å². The van der Waals surface area contributed by atoms with E-state index < -0.39 is 0 Å². The lowest BCUT2D eigenvalue weighted by molar-refractivity contribution is 0.0380. The summed E-state index contributed by atoms with van der Waals surface area (Å²) in [5.41, 5.74) is 6.10. The van der Waals surface area contributed by atoms with Crippen LogP contribution in [0.3, 0.4) is 0 Å². The second-order valence-corrected chi connectivity index (χ2v) is 9.37. The third-order valence-corrected chi connectivity index (χ3v) is 6.59. The van der Waals surface area contributed by atoms with E-state index in [9.17, 15) is 0 Å². The molecule has 0 radical (unpaired) electrons. The minimum atomic E-state index is 0.133. The topological polar surface area (TPSA) is 40.1 Å². The highest BCUT2D eigenvalue weighted by Crippen LogP contribution is 2.21. The van der Waals surface area contributed by atoms with Crippen molar-refractivity contribution in [2.75, 3.05) is 32.6 Å². The molecule has 1 fully saturated rings. The SMILES string of the molecule is C\C=C/C(=C\C=C\CC)C1C=CN(/C(=C\CC(C)N=C(SC)c2ccccc2)N2CCOCC2)N1. The van der Waals surface area contributed by atoms with E-state index in [1.807, 2.05) is 6.07 Å². The fourth-order valence-corrected chi connectivity index (χ4v) is 4.69. The summed E-state index contributed by atoms with van der Waals surface area (Å²) < 4.78 is 5.62. The highest BCUT2D eigenvalue weighted by molar-refractivity contribution is 8.13. The normalized spacial score (nSPS) is 21.0. The first-order valence-electron chi connectivity index (χ1n) is 12.6. The molecule has 188 valence electrons. The zero-order chi connectivity index (χ0) is 24.9. The van der Waals surface area contributed by atoms with Crippen molar-refractivity contribution in [3.8, 4) is 0 Å². The predicted molar refractivity (Wildman–Crippen MR) is 151 cm³/mol. The van der Waals surface area contributed by atoms with Crippen LogP contribution in [0.5, 0.6) is 0 Å². The van der Waals surface area contributed by atoms with Crippen molar-refractivity contribution >= 4 is 16.8 Å². The van der Waals surface area contributed by atoms with Crippen LogP contribution in [0.25, 0.3) is 0 Å². The molecule has 0 aromatic heterocycles. The molecule has 1 N–H and O–H groups in total. The number of ether oxygens (including phenoxy) is 1. The van der Waals surface area contributed by atoms with E-state index in [2.05, 4.69) is 115 Å². The maximum atomic E-state index is 5.62. The summed E-state index contributed by atoms with van der Waals surface area (Å²) in [6, 6.07) is 10.7. The summed E-state index contributed by atoms with van der Waals surface area (Å²) >= 11 is 1.71. The number of aliphatic imine (C=N–C) groups is 1. The summed E-state index contributed by atoms with van der Waals surface area (Å²) in [5, 5.41) is 3.25. The van der Waals surface area contributed by atoms with Crippen molar-refractivity contribution in [2.45, 2.75) is 45.7 Å². The molecule has 2 atom stereocenters. The Balaban J connectivity index is 1.77. The van der Waals surface area contributed by atoms with Gasteiger partial charge in [-0.15, -0.1) is 11.8 Å². The van der Waals surface area contributed by atoms with Crippen LogP contribution >= 0.6 is 11.8 Å². The number of allylic oxidation sites excluding steroid dienone is 4. The Bertz CT molecular complexity index is 958. The predicted octanol–water partition coefficient (Wildman–Crippen LogP) is 5.92. The van der Waals surface area contributed by atoms with E-state index in [1.54, 1.807) is 11.8 Å². The first-order valence-corrected chi connectivity index (χ1v) is 13.8. The van der Waals surface area contributed by atoms with Crippen molar-refractivity contribution in [2.24, 2.45) is 4.99 Å². The fraction of sp³-hybridized carbons (Fsp3) is 0.414. The van der Waals surface area contributed by atoms with Crippen molar-refractivity contribution in [1.29, 1.82) is 0 Å².